The second-order valence-electron chi connectivity index (χ2n) is 7.28. The van der Waals surface area contributed by atoms with Crippen LogP contribution in [0, 0.1) is 0 Å². The van der Waals surface area contributed by atoms with E-state index in [1.54, 1.807) is 31.2 Å². The number of carbonyl (C=O) groups is 1. The molecule has 10 heteroatoms. The Labute approximate surface area is 185 Å². The van der Waals surface area contributed by atoms with Crippen molar-refractivity contribution in [3.05, 3.63) is 54.6 Å². The van der Waals surface area contributed by atoms with Gasteiger partial charge in [0.1, 0.15) is 0 Å². The molecule has 3 aromatic rings. The molecule has 1 amide bonds. The van der Waals surface area contributed by atoms with Gasteiger partial charge >= 0.3 is 0 Å². The molecule has 1 saturated heterocycles. The van der Waals surface area contributed by atoms with E-state index in [0.717, 1.165) is 18.5 Å². The summed E-state index contributed by atoms with van der Waals surface area (Å²) in [5.74, 6) is 0.0386. The molecular formula is C21H23N5O3S2. The summed E-state index contributed by atoms with van der Waals surface area (Å²) in [6.07, 6.45) is 1.75. The summed E-state index contributed by atoms with van der Waals surface area (Å²) in [5.41, 5.74) is 6.85. The average Bonchev–Trinajstić information content (AvgIpc) is 3.45. The van der Waals surface area contributed by atoms with E-state index >= 15 is 0 Å². The number of rotatable bonds is 7. The van der Waals surface area contributed by atoms with Crippen molar-refractivity contribution in [2.45, 2.75) is 35.1 Å². The van der Waals surface area contributed by atoms with Gasteiger partial charge in [-0.2, -0.15) is 4.31 Å². The van der Waals surface area contributed by atoms with Gasteiger partial charge in [0.2, 0.25) is 15.9 Å². The Kier molecular flexibility index (Phi) is 6.12. The SMILES string of the molecule is CC(Sc1nnc(-c2cccc(S(=O)(=O)N3CCCC3)c2)n1-c1ccccc1)C(N)=O. The van der Waals surface area contributed by atoms with Gasteiger partial charge in [0.25, 0.3) is 0 Å². The second kappa shape index (κ2) is 8.81. The molecule has 1 unspecified atom stereocenters. The predicted molar refractivity (Wildman–Crippen MR) is 119 cm³/mol. The maximum atomic E-state index is 13.0. The lowest BCUT2D eigenvalue weighted by Crippen LogP contribution is -2.27. The van der Waals surface area contributed by atoms with E-state index in [2.05, 4.69) is 10.2 Å². The first kappa shape index (κ1) is 21.5. The highest BCUT2D eigenvalue weighted by molar-refractivity contribution is 8.00. The van der Waals surface area contributed by atoms with Crippen LogP contribution in [0.5, 0.6) is 0 Å². The van der Waals surface area contributed by atoms with Crippen molar-refractivity contribution in [3.63, 3.8) is 0 Å². The topological polar surface area (TPSA) is 111 Å². The minimum absolute atomic E-state index is 0.231. The normalized spacial score (nSPS) is 15.8. The molecule has 1 aliphatic rings. The molecule has 1 fully saturated rings. The summed E-state index contributed by atoms with van der Waals surface area (Å²) < 4.78 is 29.4. The molecule has 4 rings (SSSR count). The maximum absolute atomic E-state index is 13.0. The summed E-state index contributed by atoms with van der Waals surface area (Å²) in [5, 5.41) is 8.60. The van der Waals surface area contributed by atoms with Crippen LogP contribution in [-0.4, -0.2) is 51.7 Å². The van der Waals surface area contributed by atoms with Gasteiger partial charge in [0.05, 0.1) is 10.1 Å². The molecule has 8 nitrogen and oxygen atoms in total. The first-order chi connectivity index (χ1) is 14.9. The summed E-state index contributed by atoms with van der Waals surface area (Å²) in [7, 11) is -3.56. The standard InChI is InChI=1S/C21H23N5O3S2/c1-15(19(22)27)30-21-24-23-20(26(21)17-9-3-2-4-10-17)16-8-7-11-18(14-16)31(28,29)25-12-5-6-13-25/h2-4,7-11,14-15H,5-6,12-13H2,1H3,(H2,22,27). The summed E-state index contributed by atoms with van der Waals surface area (Å²) in [4.78, 5) is 11.8. The first-order valence-electron chi connectivity index (χ1n) is 9.95. The van der Waals surface area contributed by atoms with Crippen LogP contribution in [0.1, 0.15) is 19.8 Å². The van der Waals surface area contributed by atoms with Gasteiger partial charge in [-0.3, -0.25) is 9.36 Å². The zero-order valence-corrected chi connectivity index (χ0v) is 18.6. The molecular weight excluding hydrogens is 434 g/mol. The molecule has 2 N–H and O–H groups in total. The number of benzene rings is 2. The van der Waals surface area contributed by atoms with E-state index in [-0.39, 0.29) is 4.90 Å². The number of aromatic nitrogens is 3. The summed E-state index contributed by atoms with van der Waals surface area (Å²) in [6.45, 7) is 2.79. The van der Waals surface area contributed by atoms with Crippen LogP contribution in [0.3, 0.4) is 0 Å². The van der Waals surface area contributed by atoms with E-state index in [0.29, 0.717) is 29.6 Å². The predicted octanol–water partition coefficient (Wildman–Crippen LogP) is 2.68. The molecule has 1 aliphatic heterocycles. The van der Waals surface area contributed by atoms with Crippen LogP contribution < -0.4 is 5.73 Å². The molecule has 1 atom stereocenters. The number of carbonyl (C=O) groups excluding carboxylic acids is 1. The Morgan fingerprint density at radius 1 is 1.06 bits per heavy atom. The van der Waals surface area contributed by atoms with E-state index in [4.69, 9.17) is 5.73 Å². The average molecular weight is 458 g/mol. The number of nitrogens with zero attached hydrogens (tertiary/aromatic N) is 4. The fourth-order valence-corrected chi connectivity index (χ4v) is 5.81. The summed E-state index contributed by atoms with van der Waals surface area (Å²) >= 11 is 1.21. The third kappa shape index (κ3) is 4.36. The van der Waals surface area contributed by atoms with Gasteiger partial charge in [-0.25, -0.2) is 8.42 Å². The molecule has 1 aromatic heterocycles. The number of thioether (sulfide) groups is 1. The third-order valence-corrected chi connectivity index (χ3v) is 8.08. The number of hydrogen-bond acceptors (Lipinski definition) is 6. The second-order valence-corrected chi connectivity index (χ2v) is 10.5. The number of hydrogen-bond donors (Lipinski definition) is 1. The third-order valence-electron chi connectivity index (χ3n) is 5.13. The Morgan fingerprint density at radius 3 is 2.45 bits per heavy atom. The molecule has 0 aliphatic carbocycles. The number of sulfonamides is 1. The Hall–Kier alpha value is -2.69. The van der Waals surface area contributed by atoms with Crippen molar-refractivity contribution in [2.24, 2.45) is 5.73 Å². The van der Waals surface area contributed by atoms with Crippen molar-refractivity contribution >= 4 is 27.7 Å². The quantitative estimate of drug-likeness (QED) is 0.546. The Morgan fingerprint density at radius 2 is 1.77 bits per heavy atom. The van der Waals surface area contributed by atoms with Gasteiger partial charge in [-0.1, -0.05) is 42.1 Å². The highest BCUT2D eigenvalue weighted by Gasteiger charge is 2.28. The molecule has 2 aromatic carbocycles. The summed E-state index contributed by atoms with van der Waals surface area (Å²) in [6, 6.07) is 16.2. The fraction of sp³-hybridized carbons (Fsp3) is 0.286. The van der Waals surface area contributed by atoms with Crippen molar-refractivity contribution in [1.29, 1.82) is 0 Å². The minimum Gasteiger partial charge on any atom is -0.369 e. The van der Waals surface area contributed by atoms with Gasteiger partial charge < -0.3 is 5.73 Å². The van der Waals surface area contributed by atoms with Crippen LogP contribution in [0.15, 0.2) is 64.6 Å². The largest absolute Gasteiger partial charge is 0.369 e. The Bertz CT molecular complexity index is 1190. The van der Waals surface area contributed by atoms with Crippen LogP contribution in [0.25, 0.3) is 17.1 Å². The number of nitrogens with two attached hydrogens (primary N) is 1. The van der Waals surface area contributed by atoms with Crippen LogP contribution in [0.2, 0.25) is 0 Å². The Balaban J connectivity index is 1.80. The molecule has 2 heterocycles. The van der Waals surface area contributed by atoms with Gasteiger partial charge in [0.15, 0.2) is 11.0 Å². The lowest BCUT2D eigenvalue weighted by Gasteiger charge is -2.16. The van der Waals surface area contributed by atoms with E-state index in [1.165, 1.54) is 16.1 Å². The van der Waals surface area contributed by atoms with Gasteiger partial charge in [0, 0.05) is 24.3 Å². The lowest BCUT2D eigenvalue weighted by molar-refractivity contribution is -0.117. The van der Waals surface area contributed by atoms with E-state index < -0.39 is 21.2 Å². The molecule has 0 saturated carbocycles. The van der Waals surface area contributed by atoms with Gasteiger partial charge in [-0.05, 0) is 44.0 Å². The molecule has 0 bridgehead atoms. The smallest absolute Gasteiger partial charge is 0.243 e. The van der Waals surface area contributed by atoms with Gasteiger partial charge in [-0.15, -0.1) is 10.2 Å². The fourth-order valence-electron chi connectivity index (χ4n) is 3.43. The molecule has 162 valence electrons. The number of para-hydroxylation sites is 1. The molecule has 0 radical (unpaired) electrons. The first-order valence-corrected chi connectivity index (χ1v) is 12.3. The van der Waals surface area contributed by atoms with Crippen molar-refractivity contribution in [1.82, 2.24) is 19.1 Å². The van der Waals surface area contributed by atoms with Crippen molar-refractivity contribution < 1.29 is 13.2 Å². The van der Waals surface area contributed by atoms with Crippen molar-refractivity contribution in [2.75, 3.05) is 13.1 Å². The van der Waals surface area contributed by atoms with Crippen molar-refractivity contribution in [3.8, 4) is 17.1 Å². The molecule has 31 heavy (non-hydrogen) atoms. The highest BCUT2D eigenvalue weighted by Crippen LogP contribution is 2.31. The van der Waals surface area contributed by atoms with Crippen LogP contribution in [-0.2, 0) is 14.8 Å². The zero-order chi connectivity index (χ0) is 22.0. The van der Waals surface area contributed by atoms with E-state index in [9.17, 15) is 13.2 Å². The monoisotopic (exact) mass is 457 g/mol. The van der Waals surface area contributed by atoms with Crippen LogP contribution in [0.4, 0.5) is 0 Å². The molecule has 0 spiro atoms. The highest BCUT2D eigenvalue weighted by atomic mass is 32.2. The number of primary amides is 1. The zero-order valence-electron chi connectivity index (χ0n) is 17.0. The lowest BCUT2D eigenvalue weighted by atomic mass is 10.2. The van der Waals surface area contributed by atoms with E-state index in [1.807, 2.05) is 34.9 Å². The van der Waals surface area contributed by atoms with Crippen LogP contribution >= 0.6 is 11.8 Å². The minimum atomic E-state index is -3.56. The number of amides is 1. The maximum Gasteiger partial charge on any atom is 0.243 e.